The molecule has 0 spiro atoms. The molecule has 0 saturated heterocycles. The summed E-state index contributed by atoms with van der Waals surface area (Å²) < 4.78 is 78.5. The first-order chi connectivity index (χ1) is 13.8. The van der Waals surface area contributed by atoms with Crippen LogP contribution in [-0.2, 0) is 23.7 Å². The van der Waals surface area contributed by atoms with E-state index in [1.165, 1.54) is 18.3 Å². The second-order valence-electron chi connectivity index (χ2n) is 6.32. The van der Waals surface area contributed by atoms with Crippen LogP contribution in [0.4, 0.5) is 32.0 Å². The van der Waals surface area contributed by atoms with Crippen LogP contribution in [0.5, 0.6) is 0 Å². The number of rotatable bonds is 3. The lowest BCUT2D eigenvalue weighted by atomic mass is 10.1. The van der Waals surface area contributed by atoms with Gasteiger partial charge in [0.25, 0.3) is 5.56 Å². The van der Waals surface area contributed by atoms with Gasteiger partial charge in [-0.1, -0.05) is 17.7 Å². The molecule has 0 aliphatic rings. The van der Waals surface area contributed by atoms with Crippen molar-refractivity contribution in [2.24, 2.45) is 0 Å². The van der Waals surface area contributed by atoms with Crippen molar-refractivity contribution in [1.82, 2.24) is 4.57 Å². The highest BCUT2D eigenvalue weighted by Crippen LogP contribution is 2.37. The molecule has 1 amide bonds. The average Bonchev–Trinajstić information content (AvgIpc) is 2.63. The Morgan fingerprint density at radius 2 is 1.53 bits per heavy atom. The van der Waals surface area contributed by atoms with Gasteiger partial charge in [-0.05, 0) is 41.8 Å². The Morgan fingerprint density at radius 1 is 0.933 bits per heavy atom. The van der Waals surface area contributed by atoms with Crippen LogP contribution in [0, 0.1) is 0 Å². The lowest BCUT2D eigenvalue weighted by Crippen LogP contribution is -2.27. The molecular formula is C19H11ClF6N2O2. The van der Waals surface area contributed by atoms with E-state index in [0.29, 0.717) is 17.5 Å². The van der Waals surface area contributed by atoms with Gasteiger partial charge >= 0.3 is 12.4 Å². The number of carbonyl (C=O) groups is 1. The lowest BCUT2D eigenvalue weighted by molar-refractivity contribution is -0.143. The second kappa shape index (κ2) is 7.67. The number of hydrogen-bond acceptors (Lipinski definition) is 2. The van der Waals surface area contributed by atoms with Crippen LogP contribution < -0.4 is 10.9 Å². The zero-order valence-corrected chi connectivity index (χ0v) is 15.5. The first-order valence-corrected chi connectivity index (χ1v) is 8.60. The summed E-state index contributed by atoms with van der Waals surface area (Å²) >= 11 is 5.85. The summed E-state index contributed by atoms with van der Waals surface area (Å²) in [7, 11) is 0. The van der Waals surface area contributed by atoms with E-state index in [2.05, 4.69) is 0 Å². The zero-order valence-electron chi connectivity index (χ0n) is 14.7. The fourth-order valence-corrected chi connectivity index (χ4v) is 2.93. The largest absolute Gasteiger partial charge is 0.416 e. The van der Waals surface area contributed by atoms with E-state index in [9.17, 15) is 35.9 Å². The van der Waals surface area contributed by atoms with Gasteiger partial charge in [-0.3, -0.25) is 9.59 Å². The summed E-state index contributed by atoms with van der Waals surface area (Å²) in [4.78, 5) is 24.7. The Labute approximate surface area is 169 Å². The Morgan fingerprint density at radius 3 is 2.10 bits per heavy atom. The second-order valence-corrected chi connectivity index (χ2v) is 6.76. The van der Waals surface area contributed by atoms with Crippen molar-refractivity contribution in [2.75, 3.05) is 5.32 Å². The molecule has 0 saturated carbocycles. The molecule has 0 aliphatic carbocycles. The number of benzene rings is 2. The van der Waals surface area contributed by atoms with E-state index < -0.39 is 47.2 Å². The third kappa shape index (κ3) is 4.76. The highest BCUT2D eigenvalue weighted by molar-refractivity contribution is 6.31. The Balaban J connectivity index is 1.90. The van der Waals surface area contributed by atoms with Gasteiger partial charge in [0.05, 0.1) is 11.1 Å². The van der Waals surface area contributed by atoms with E-state index in [-0.39, 0.29) is 16.5 Å². The summed E-state index contributed by atoms with van der Waals surface area (Å²) in [5, 5.41) is 3.01. The number of nitrogens with one attached hydrogen (secondary N) is 1. The predicted octanol–water partition coefficient (Wildman–Crippen LogP) is 5.33. The lowest BCUT2D eigenvalue weighted by Gasteiger charge is -2.15. The fourth-order valence-electron chi connectivity index (χ4n) is 2.76. The average molecular weight is 449 g/mol. The van der Waals surface area contributed by atoms with Gasteiger partial charge in [-0.15, -0.1) is 0 Å². The molecular weight excluding hydrogens is 438 g/mol. The molecule has 3 rings (SSSR count). The Bertz CT molecular complexity index is 1150. The molecule has 3 aromatic rings. The van der Waals surface area contributed by atoms with Crippen molar-refractivity contribution in [1.29, 1.82) is 0 Å². The summed E-state index contributed by atoms with van der Waals surface area (Å²) in [6.07, 6.45) is -8.81. The van der Waals surface area contributed by atoms with Gasteiger partial charge in [0.2, 0.25) is 5.91 Å². The molecule has 0 radical (unpaired) electrons. The Hall–Kier alpha value is -3.01. The molecule has 1 heterocycles. The van der Waals surface area contributed by atoms with Crippen molar-refractivity contribution in [2.45, 2.75) is 18.9 Å². The predicted molar refractivity (Wildman–Crippen MR) is 98.3 cm³/mol. The standard InChI is InChI=1S/C19H11ClF6N2O2/c20-13-2-1-10-3-4-28(17(30)15(10)8-13)9-16(29)27-14-6-11(18(21,22)23)5-12(7-14)19(24,25)26/h1-8H,9H2,(H,27,29). The molecule has 0 bridgehead atoms. The molecule has 2 aromatic carbocycles. The van der Waals surface area contributed by atoms with Gasteiger partial charge in [0, 0.05) is 22.3 Å². The van der Waals surface area contributed by atoms with E-state index >= 15 is 0 Å². The number of fused-ring (bicyclic) bond motifs is 1. The molecule has 30 heavy (non-hydrogen) atoms. The highest BCUT2D eigenvalue weighted by Gasteiger charge is 2.37. The molecule has 0 unspecified atom stereocenters. The number of anilines is 1. The maximum Gasteiger partial charge on any atom is 0.416 e. The minimum atomic E-state index is -5.05. The zero-order chi connectivity index (χ0) is 22.3. The topological polar surface area (TPSA) is 51.1 Å². The molecule has 1 N–H and O–H groups in total. The van der Waals surface area contributed by atoms with Crippen LogP contribution in [0.15, 0.2) is 53.5 Å². The first-order valence-electron chi connectivity index (χ1n) is 8.22. The molecule has 4 nitrogen and oxygen atoms in total. The quantitative estimate of drug-likeness (QED) is 0.551. The van der Waals surface area contributed by atoms with Crippen LogP contribution >= 0.6 is 11.6 Å². The smallest absolute Gasteiger partial charge is 0.325 e. The first kappa shape index (κ1) is 21.7. The molecule has 0 fully saturated rings. The number of amides is 1. The van der Waals surface area contributed by atoms with Crippen LogP contribution in [0.25, 0.3) is 10.8 Å². The summed E-state index contributed by atoms with van der Waals surface area (Å²) in [5.41, 5.74) is -4.42. The van der Waals surface area contributed by atoms with Crippen molar-refractivity contribution in [3.8, 4) is 0 Å². The van der Waals surface area contributed by atoms with Gasteiger partial charge in [-0.25, -0.2) is 0 Å². The molecule has 11 heteroatoms. The maximum absolute atomic E-state index is 12.9. The van der Waals surface area contributed by atoms with Crippen molar-refractivity contribution in [3.63, 3.8) is 0 Å². The number of halogens is 7. The Kier molecular flexibility index (Phi) is 5.55. The van der Waals surface area contributed by atoms with E-state index in [0.717, 1.165) is 4.57 Å². The van der Waals surface area contributed by atoms with Crippen LogP contribution in [0.1, 0.15) is 11.1 Å². The van der Waals surface area contributed by atoms with Gasteiger partial charge in [0.15, 0.2) is 0 Å². The van der Waals surface area contributed by atoms with Gasteiger partial charge in [-0.2, -0.15) is 26.3 Å². The summed E-state index contributed by atoms with van der Waals surface area (Å²) in [6, 6.07) is 6.78. The molecule has 158 valence electrons. The normalized spacial score (nSPS) is 12.2. The maximum atomic E-state index is 12.9. The number of pyridine rings is 1. The highest BCUT2D eigenvalue weighted by atomic mass is 35.5. The molecule has 0 aliphatic heterocycles. The third-order valence-electron chi connectivity index (χ3n) is 4.13. The van der Waals surface area contributed by atoms with E-state index in [4.69, 9.17) is 11.6 Å². The third-order valence-corrected chi connectivity index (χ3v) is 4.36. The van der Waals surface area contributed by atoms with E-state index in [1.807, 2.05) is 5.32 Å². The van der Waals surface area contributed by atoms with Crippen molar-refractivity contribution >= 4 is 34.0 Å². The number of carbonyl (C=O) groups excluding carboxylic acids is 1. The summed E-state index contributed by atoms with van der Waals surface area (Å²) in [5.74, 6) is -0.981. The minimum Gasteiger partial charge on any atom is -0.325 e. The fraction of sp³-hybridized carbons (Fsp3) is 0.158. The number of aromatic nitrogens is 1. The SMILES string of the molecule is O=C(Cn1ccc2ccc(Cl)cc2c1=O)Nc1cc(C(F)(F)F)cc(C(F)(F)F)c1. The summed E-state index contributed by atoms with van der Waals surface area (Å²) in [6.45, 7) is -0.626. The van der Waals surface area contributed by atoms with E-state index in [1.54, 1.807) is 12.1 Å². The number of alkyl halides is 6. The van der Waals surface area contributed by atoms with Crippen LogP contribution in [-0.4, -0.2) is 10.5 Å². The van der Waals surface area contributed by atoms with Crippen molar-refractivity contribution < 1.29 is 31.1 Å². The van der Waals surface area contributed by atoms with Gasteiger partial charge < -0.3 is 9.88 Å². The van der Waals surface area contributed by atoms with Gasteiger partial charge in [0.1, 0.15) is 6.54 Å². The van der Waals surface area contributed by atoms with Crippen LogP contribution in [0.3, 0.4) is 0 Å². The van der Waals surface area contributed by atoms with Crippen molar-refractivity contribution in [3.05, 3.63) is 75.2 Å². The number of hydrogen-bond donors (Lipinski definition) is 1. The monoisotopic (exact) mass is 448 g/mol. The number of nitrogens with zero attached hydrogens (tertiary/aromatic N) is 1. The van der Waals surface area contributed by atoms with Crippen LogP contribution in [0.2, 0.25) is 5.02 Å². The molecule has 1 aromatic heterocycles. The minimum absolute atomic E-state index is 0.0484. The molecule has 0 atom stereocenters.